The monoisotopic (exact) mass is 374 g/mol. The van der Waals surface area contributed by atoms with E-state index in [9.17, 15) is 0 Å². The van der Waals surface area contributed by atoms with Gasteiger partial charge < -0.3 is 9.47 Å². The number of rotatable bonds is 7. The third kappa shape index (κ3) is 5.41. The Morgan fingerprint density at radius 3 is 2.39 bits per heavy atom. The molecule has 0 amide bonds. The minimum Gasteiger partial charge on any atom is -0.497 e. The van der Waals surface area contributed by atoms with Crippen LogP contribution >= 0.6 is 0 Å². The molecule has 1 heterocycles. The Balaban J connectivity index is 1.79. The minimum atomic E-state index is 0.550. The molecule has 28 heavy (non-hydrogen) atoms. The lowest BCUT2D eigenvalue weighted by atomic mass is 10.2. The first-order valence-corrected chi connectivity index (χ1v) is 8.94. The summed E-state index contributed by atoms with van der Waals surface area (Å²) in [6, 6.07) is 20.8. The van der Waals surface area contributed by atoms with Crippen LogP contribution in [0.5, 0.6) is 11.5 Å². The molecular weight excluding hydrogens is 352 g/mol. The van der Waals surface area contributed by atoms with Gasteiger partial charge in [-0.2, -0.15) is 5.10 Å². The molecule has 6 nitrogen and oxygen atoms in total. The molecule has 0 atom stereocenters. The van der Waals surface area contributed by atoms with E-state index in [1.54, 1.807) is 19.5 Å². The van der Waals surface area contributed by atoms with E-state index in [1.165, 1.54) is 0 Å². The van der Waals surface area contributed by atoms with E-state index in [4.69, 9.17) is 9.47 Å². The summed E-state index contributed by atoms with van der Waals surface area (Å²) in [5.41, 5.74) is 5.41. The van der Waals surface area contributed by atoms with Crippen molar-refractivity contribution in [3.63, 3.8) is 0 Å². The van der Waals surface area contributed by atoms with Gasteiger partial charge in [0.15, 0.2) is 5.84 Å². The molecular formula is C22H22N4O2. The lowest BCUT2D eigenvalue weighted by Crippen LogP contribution is -2.20. The Hall–Kier alpha value is -3.67. The topological polar surface area (TPSA) is 68.1 Å². The largest absolute Gasteiger partial charge is 0.497 e. The number of hydrogen-bond donors (Lipinski definition) is 1. The van der Waals surface area contributed by atoms with Gasteiger partial charge in [-0.15, -0.1) is 0 Å². The summed E-state index contributed by atoms with van der Waals surface area (Å²) in [5, 5.41) is 4.31. The number of nitrogens with zero attached hydrogens (tertiary/aromatic N) is 3. The molecule has 3 rings (SSSR count). The fraction of sp³-hybridized carbons (Fsp3) is 0.136. The number of hydrazone groups is 1. The van der Waals surface area contributed by atoms with Crippen LogP contribution in [0.2, 0.25) is 0 Å². The third-order valence-corrected chi connectivity index (χ3v) is 3.80. The zero-order valence-corrected chi connectivity index (χ0v) is 15.9. The number of methoxy groups -OCH3 is 1. The van der Waals surface area contributed by atoms with E-state index in [1.807, 2.05) is 73.7 Å². The molecule has 0 aliphatic rings. The molecule has 1 aromatic heterocycles. The summed E-state index contributed by atoms with van der Waals surface area (Å²) in [4.78, 5) is 9.00. The molecule has 0 aliphatic carbocycles. The van der Waals surface area contributed by atoms with E-state index in [-0.39, 0.29) is 0 Å². The summed E-state index contributed by atoms with van der Waals surface area (Å²) >= 11 is 0. The minimum absolute atomic E-state index is 0.550. The van der Waals surface area contributed by atoms with Crippen molar-refractivity contribution in [1.82, 2.24) is 10.4 Å². The number of aliphatic imine (C=N–C) groups is 1. The van der Waals surface area contributed by atoms with E-state index < -0.39 is 0 Å². The fourth-order valence-electron chi connectivity index (χ4n) is 2.41. The zero-order chi connectivity index (χ0) is 19.6. The highest BCUT2D eigenvalue weighted by Gasteiger charge is 2.04. The van der Waals surface area contributed by atoms with Gasteiger partial charge in [0, 0.05) is 6.20 Å². The molecule has 0 unspecified atom stereocenters. The van der Waals surface area contributed by atoms with Gasteiger partial charge in [-0.25, -0.2) is 4.99 Å². The van der Waals surface area contributed by atoms with Gasteiger partial charge in [0.25, 0.3) is 0 Å². The molecule has 0 saturated carbocycles. The fourth-order valence-corrected chi connectivity index (χ4v) is 2.41. The highest BCUT2D eigenvalue weighted by atomic mass is 16.5. The molecule has 142 valence electrons. The van der Waals surface area contributed by atoms with Gasteiger partial charge in [0.1, 0.15) is 17.2 Å². The highest BCUT2D eigenvalue weighted by molar-refractivity contribution is 5.99. The van der Waals surface area contributed by atoms with Crippen molar-refractivity contribution in [2.45, 2.75) is 6.92 Å². The van der Waals surface area contributed by atoms with E-state index in [0.717, 1.165) is 22.7 Å². The Morgan fingerprint density at radius 1 is 1.00 bits per heavy atom. The van der Waals surface area contributed by atoms with Crippen LogP contribution in [-0.2, 0) is 0 Å². The molecule has 0 fully saturated rings. The molecule has 0 spiro atoms. The van der Waals surface area contributed by atoms with Crippen molar-refractivity contribution in [2.75, 3.05) is 13.7 Å². The second-order valence-electron chi connectivity index (χ2n) is 5.75. The number of amidine groups is 1. The van der Waals surface area contributed by atoms with E-state index in [0.29, 0.717) is 18.1 Å². The van der Waals surface area contributed by atoms with Gasteiger partial charge in [0.05, 0.1) is 25.6 Å². The number of aromatic nitrogens is 1. The maximum absolute atomic E-state index is 5.47. The molecule has 6 heteroatoms. The Labute approximate surface area is 164 Å². The summed E-state index contributed by atoms with van der Waals surface area (Å²) in [5.74, 6) is 2.16. The standard InChI is InChI=1S/C22H22N4O2/c1-3-28-20-13-9-18(10-14-20)25-22(21-6-4-5-15-23-21)26-24-16-17-7-11-19(27-2)12-8-17/h4-16H,3H2,1-2H3,(H,25,26)/b24-16-. The highest BCUT2D eigenvalue weighted by Crippen LogP contribution is 2.19. The Morgan fingerprint density at radius 2 is 1.75 bits per heavy atom. The second kappa shape index (κ2) is 9.87. The maximum Gasteiger partial charge on any atom is 0.172 e. The molecule has 0 saturated heterocycles. The third-order valence-electron chi connectivity index (χ3n) is 3.80. The van der Waals surface area contributed by atoms with Crippen molar-refractivity contribution in [2.24, 2.45) is 10.1 Å². The van der Waals surface area contributed by atoms with Gasteiger partial charge in [0.2, 0.25) is 0 Å². The number of nitrogens with one attached hydrogen (secondary N) is 1. The number of pyridine rings is 1. The molecule has 3 aromatic rings. The predicted molar refractivity (Wildman–Crippen MR) is 112 cm³/mol. The predicted octanol–water partition coefficient (Wildman–Crippen LogP) is 4.19. The van der Waals surface area contributed by atoms with Crippen LogP contribution in [0.1, 0.15) is 18.2 Å². The first kappa shape index (κ1) is 19.1. The first-order valence-electron chi connectivity index (χ1n) is 8.94. The van der Waals surface area contributed by atoms with Gasteiger partial charge in [-0.1, -0.05) is 6.07 Å². The molecule has 0 radical (unpaired) electrons. The summed E-state index contributed by atoms with van der Waals surface area (Å²) < 4.78 is 10.6. The number of hydrogen-bond acceptors (Lipinski definition) is 5. The van der Waals surface area contributed by atoms with Crippen molar-refractivity contribution in [3.05, 3.63) is 84.2 Å². The summed E-state index contributed by atoms with van der Waals surface area (Å²) in [6.45, 7) is 2.58. The smallest absolute Gasteiger partial charge is 0.172 e. The molecule has 0 bridgehead atoms. The Kier molecular flexibility index (Phi) is 6.73. The van der Waals surface area contributed by atoms with Crippen LogP contribution in [0, 0.1) is 0 Å². The van der Waals surface area contributed by atoms with Crippen LogP contribution in [0.4, 0.5) is 5.69 Å². The quantitative estimate of drug-likeness (QED) is 0.382. The van der Waals surface area contributed by atoms with Crippen LogP contribution in [-0.4, -0.2) is 30.8 Å². The van der Waals surface area contributed by atoms with Crippen LogP contribution in [0.3, 0.4) is 0 Å². The zero-order valence-electron chi connectivity index (χ0n) is 15.9. The van der Waals surface area contributed by atoms with Crippen LogP contribution < -0.4 is 14.9 Å². The van der Waals surface area contributed by atoms with Crippen molar-refractivity contribution < 1.29 is 9.47 Å². The molecule has 2 aromatic carbocycles. The SMILES string of the molecule is CCOc1ccc(N=C(N/N=C\c2ccc(OC)cc2)c2ccccn2)cc1. The lowest BCUT2D eigenvalue weighted by molar-refractivity contribution is 0.340. The van der Waals surface area contributed by atoms with E-state index >= 15 is 0 Å². The molecule has 0 aliphatic heterocycles. The van der Waals surface area contributed by atoms with Crippen molar-refractivity contribution in [1.29, 1.82) is 0 Å². The normalized spacial score (nSPS) is 11.4. The second-order valence-corrected chi connectivity index (χ2v) is 5.75. The summed E-state index contributed by atoms with van der Waals surface area (Å²) in [6.07, 6.45) is 3.44. The van der Waals surface area contributed by atoms with Crippen molar-refractivity contribution in [3.8, 4) is 11.5 Å². The number of benzene rings is 2. The average molecular weight is 374 g/mol. The van der Waals surface area contributed by atoms with Crippen molar-refractivity contribution >= 4 is 17.7 Å². The Bertz CT molecular complexity index is 921. The van der Waals surface area contributed by atoms with Gasteiger partial charge in [-0.3, -0.25) is 10.4 Å². The molecule has 1 N–H and O–H groups in total. The van der Waals surface area contributed by atoms with Gasteiger partial charge >= 0.3 is 0 Å². The van der Waals surface area contributed by atoms with Crippen LogP contribution in [0.25, 0.3) is 0 Å². The first-order chi connectivity index (χ1) is 13.8. The average Bonchev–Trinajstić information content (AvgIpc) is 2.75. The number of ether oxygens (including phenoxy) is 2. The maximum atomic E-state index is 5.47. The van der Waals surface area contributed by atoms with E-state index in [2.05, 4.69) is 20.5 Å². The van der Waals surface area contributed by atoms with Crippen LogP contribution in [0.15, 0.2) is 83.0 Å². The van der Waals surface area contributed by atoms with Gasteiger partial charge in [-0.05, 0) is 73.2 Å². The lowest BCUT2D eigenvalue weighted by Gasteiger charge is -2.06. The summed E-state index contributed by atoms with van der Waals surface area (Å²) in [7, 11) is 1.64.